The molecule has 2 aromatic rings. The summed E-state index contributed by atoms with van der Waals surface area (Å²) >= 11 is 0. The predicted molar refractivity (Wildman–Crippen MR) is 142 cm³/mol. The first kappa shape index (κ1) is 25.3. The van der Waals surface area contributed by atoms with Crippen molar-refractivity contribution in [1.82, 2.24) is 15.0 Å². The number of hydrogen-bond acceptors (Lipinski definition) is 8. The number of allylic oxidation sites excluding steroid dienone is 2. The Morgan fingerprint density at radius 3 is 2.54 bits per heavy atom. The first-order valence-corrected chi connectivity index (χ1v) is 13.4. The van der Waals surface area contributed by atoms with Gasteiger partial charge in [-0.05, 0) is 61.3 Å². The van der Waals surface area contributed by atoms with E-state index in [9.17, 15) is 4.79 Å². The van der Waals surface area contributed by atoms with Gasteiger partial charge in [-0.15, -0.1) is 0 Å². The van der Waals surface area contributed by atoms with Gasteiger partial charge in [0.25, 0.3) is 0 Å². The van der Waals surface area contributed by atoms with Gasteiger partial charge in [-0.1, -0.05) is 42.4 Å². The number of likely N-dealkylation sites (tertiary alicyclic amines) is 1. The van der Waals surface area contributed by atoms with Gasteiger partial charge >= 0.3 is 6.01 Å². The van der Waals surface area contributed by atoms with Crippen LogP contribution in [0.25, 0.3) is 5.57 Å². The van der Waals surface area contributed by atoms with E-state index in [1.165, 1.54) is 18.2 Å². The second-order valence-corrected chi connectivity index (χ2v) is 10.6. The Morgan fingerprint density at radius 1 is 1.16 bits per heavy atom. The number of oxime groups is 1. The minimum absolute atomic E-state index is 0.0685. The molecule has 5 rings (SSSR count). The van der Waals surface area contributed by atoms with E-state index in [0.717, 1.165) is 62.5 Å². The van der Waals surface area contributed by atoms with Gasteiger partial charge in [0.2, 0.25) is 5.91 Å². The molecule has 1 amide bonds. The van der Waals surface area contributed by atoms with Crippen molar-refractivity contribution in [2.24, 2.45) is 17.0 Å². The molecule has 0 radical (unpaired) electrons. The summed E-state index contributed by atoms with van der Waals surface area (Å²) in [5, 5.41) is 7.99. The van der Waals surface area contributed by atoms with Crippen LogP contribution in [0.5, 0.6) is 5.75 Å². The van der Waals surface area contributed by atoms with E-state index in [0.29, 0.717) is 31.6 Å². The zero-order valence-electron chi connectivity index (χ0n) is 22.1. The van der Waals surface area contributed by atoms with Crippen LogP contribution in [0, 0.1) is 11.8 Å². The molecule has 1 aromatic carbocycles. The van der Waals surface area contributed by atoms with Gasteiger partial charge in [-0.3, -0.25) is 4.79 Å². The molecule has 2 fully saturated rings. The third-order valence-electron chi connectivity index (χ3n) is 7.58. The number of ether oxygens (including phenoxy) is 1. The lowest BCUT2D eigenvalue weighted by Gasteiger charge is -2.35. The number of carbonyl (C=O) groups is 1. The van der Waals surface area contributed by atoms with Crippen LogP contribution in [0.1, 0.15) is 63.3 Å². The Labute approximate surface area is 218 Å². The average molecular weight is 508 g/mol. The van der Waals surface area contributed by atoms with Crippen LogP contribution in [-0.2, 0) is 9.63 Å². The van der Waals surface area contributed by atoms with Crippen molar-refractivity contribution in [3.63, 3.8) is 0 Å². The highest BCUT2D eigenvalue weighted by molar-refractivity contribution is 6.00. The topological polar surface area (TPSA) is 93.3 Å². The third-order valence-corrected chi connectivity index (χ3v) is 7.58. The van der Waals surface area contributed by atoms with Crippen molar-refractivity contribution in [1.29, 1.82) is 0 Å². The summed E-state index contributed by atoms with van der Waals surface area (Å²) in [4.78, 5) is 26.1. The molecule has 1 unspecified atom stereocenters. The second-order valence-electron chi connectivity index (χ2n) is 10.6. The Kier molecular flexibility index (Phi) is 7.76. The average Bonchev–Trinajstić information content (AvgIpc) is 3.41. The number of benzene rings is 1. The van der Waals surface area contributed by atoms with Crippen molar-refractivity contribution in [2.75, 3.05) is 44.8 Å². The van der Waals surface area contributed by atoms with E-state index in [-0.39, 0.29) is 17.7 Å². The quantitative estimate of drug-likeness (QED) is 0.485. The number of anilines is 1. The van der Waals surface area contributed by atoms with Gasteiger partial charge in [-0.2, -0.15) is 4.98 Å². The molecule has 1 aliphatic carbocycles. The first-order valence-electron chi connectivity index (χ1n) is 13.4. The molecule has 0 bridgehead atoms. The van der Waals surface area contributed by atoms with Crippen LogP contribution >= 0.6 is 0 Å². The summed E-state index contributed by atoms with van der Waals surface area (Å²) < 4.78 is 11.6. The van der Waals surface area contributed by atoms with Crippen molar-refractivity contribution in [2.45, 2.75) is 51.9 Å². The van der Waals surface area contributed by atoms with Crippen molar-refractivity contribution < 1.29 is 18.9 Å². The van der Waals surface area contributed by atoms with E-state index in [4.69, 9.17) is 14.1 Å². The van der Waals surface area contributed by atoms with Crippen LogP contribution in [0.15, 0.2) is 40.0 Å². The second kappa shape index (κ2) is 11.4. The normalized spacial score (nSPS) is 20.5. The molecule has 198 valence electrons. The van der Waals surface area contributed by atoms with Gasteiger partial charge in [-0.25, -0.2) is 0 Å². The number of amides is 1. The fourth-order valence-corrected chi connectivity index (χ4v) is 5.18. The summed E-state index contributed by atoms with van der Waals surface area (Å²) in [5.41, 5.74) is 3.46. The maximum Gasteiger partial charge on any atom is 0.324 e. The number of rotatable bonds is 8. The Hall–Kier alpha value is -3.36. The number of carbonyl (C=O) groups excluding carboxylic acids is 1. The van der Waals surface area contributed by atoms with Crippen LogP contribution < -0.4 is 9.64 Å². The minimum atomic E-state index is 0.0685. The number of nitrogens with zero attached hydrogens (tertiary/aromatic N) is 5. The molecule has 2 saturated heterocycles. The van der Waals surface area contributed by atoms with Crippen LogP contribution in [-0.4, -0.2) is 66.6 Å². The standard InChI is InChI=1S/C28H37N5O4/c1-19(2)26-29-28(37-31-26)32-14-12-20(13-15-32)18-36-25-10-8-22(9-11-25)21-4-6-23(7-5-21)27(34)33-16-24(17-33)30-35-3/h4,8-11,19-20,23H,5-7,12-18H2,1-3H3. The van der Waals surface area contributed by atoms with Crippen molar-refractivity contribution in [3.05, 3.63) is 41.7 Å². The third kappa shape index (κ3) is 5.97. The Balaban J connectivity index is 1.05. The molecule has 1 aromatic heterocycles. The van der Waals surface area contributed by atoms with E-state index in [1.807, 2.05) is 4.90 Å². The van der Waals surface area contributed by atoms with Gasteiger partial charge in [0.1, 0.15) is 12.9 Å². The zero-order chi connectivity index (χ0) is 25.8. The van der Waals surface area contributed by atoms with E-state index in [2.05, 4.69) is 64.4 Å². The summed E-state index contributed by atoms with van der Waals surface area (Å²) in [6.07, 6.45) is 6.91. The van der Waals surface area contributed by atoms with E-state index < -0.39 is 0 Å². The molecule has 3 aliphatic rings. The Morgan fingerprint density at radius 2 is 1.92 bits per heavy atom. The van der Waals surface area contributed by atoms with Gasteiger partial charge in [0, 0.05) is 24.9 Å². The summed E-state index contributed by atoms with van der Waals surface area (Å²) in [5.74, 6) is 2.76. The monoisotopic (exact) mass is 507 g/mol. The van der Waals surface area contributed by atoms with Crippen LogP contribution in [0.4, 0.5) is 6.01 Å². The summed E-state index contributed by atoms with van der Waals surface area (Å²) in [6, 6.07) is 9.03. The maximum atomic E-state index is 12.7. The van der Waals surface area contributed by atoms with Crippen LogP contribution in [0.3, 0.4) is 0 Å². The first-order chi connectivity index (χ1) is 18.0. The fraction of sp³-hybridized carbons (Fsp3) is 0.571. The molecule has 2 aliphatic heterocycles. The SMILES string of the molecule is CON=C1CN(C(=O)C2CC=C(c3ccc(OCC4CCN(c5nc(C(C)C)no5)CC4)cc3)CC2)C1. The molecule has 3 heterocycles. The largest absolute Gasteiger partial charge is 0.493 e. The Bertz CT molecular complexity index is 1120. The maximum absolute atomic E-state index is 12.7. The number of piperidine rings is 1. The van der Waals surface area contributed by atoms with Gasteiger partial charge in [0.05, 0.1) is 25.4 Å². The minimum Gasteiger partial charge on any atom is -0.493 e. The molecular weight excluding hydrogens is 470 g/mol. The van der Waals surface area contributed by atoms with Crippen molar-refractivity contribution >= 4 is 23.2 Å². The summed E-state index contributed by atoms with van der Waals surface area (Å²) in [7, 11) is 1.54. The predicted octanol–water partition coefficient (Wildman–Crippen LogP) is 4.52. The molecule has 9 nitrogen and oxygen atoms in total. The number of aromatic nitrogens is 2. The lowest BCUT2D eigenvalue weighted by Crippen LogP contribution is -2.52. The molecule has 0 saturated carbocycles. The molecule has 0 spiro atoms. The molecular formula is C28H37N5O4. The van der Waals surface area contributed by atoms with Gasteiger partial charge < -0.3 is 23.9 Å². The molecule has 9 heteroatoms. The van der Waals surface area contributed by atoms with E-state index >= 15 is 0 Å². The fourth-order valence-electron chi connectivity index (χ4n) is 5.18. The highest BCUT2D eigenvalue weighted by Crippen LogP contribution is 2.33. The highest BCUT2D eigenvalue weighted by atomic mass is 16.6. The molecule has 1 atom stereocenters. The zero-order valence-corrected chi connectivity index (χ0v) is 22.1. The molecule has 37 heavy (non-hydrogen) atoms. The lowest BCUT2D eigenvalue weighted by molar-refractivity contribution is -0.135. The lowest BCUT2D eigenvalue weighted by atomic mass is 9.85. The van der Waals surface area contributed by atoms with Gasteiger partial charge in [0.15, 0.2) is 5.82 Å². The summed E-state index contributed by atoms with van der Waals surface area (Å²) in [6.45, 7) is 7.86. The van der Waals surface area contributed by atoms with E-state index in [1.54, 1.807) is 0 Å². The molecule has 0 N–H and O–H groups in total. The highest BCUT2D eigenvalue weighted by Gasteiger charge is 2.33. The smallest absolute Gasteiger partial charge is 0.324 e. The van der Waals surface area contributed by atoms with Crippen LogP contribution in [0.2, 0.25) is 0 Å². The number of hydrogen-bond donors (Lipinski definition) is 0. The van der Waals surface area contributed by atoms with Crippen molar-refractivity contribution in [3.8, 4) is 5.75 Å².